The zero-order valence-corrected chi connectivity index (χ0v) is 24.1. The number of likely N-dealkylation sites (N-methyl/N-ethyl adjacent to an activating group) is 1. The lowest BCUT2D eigenvalue weighted by molar-refractivity contribution is 0.122. The van der Waals surface area contributed by atoms with Gasteiger partial charge in [0.2, 0.25) is 28.7 Å². The minimum Gasteiger partial charge on any atom is -0.494 e. The molecule has 41 heavy (non-hydrogen) atoms. The molecule has 2 fully saturated rings. The maximum atomic E-state index is 14.3. The fourth-order valence-electron chi connectivity index (χ4n) is 5.53. The molecule has 0 amide bonds. The molecule has 5 rings (SSSR count). The van der Waals surface area contributed by atoms with Crippen LogP contribution in [-0.2, 0) is 15.6 Å². The van der Waals surface area contributed by atoms with Crippen molar-refractivity contribution in [1.82, 2.24) is 34.1 Å². The predicted molar refractivity (Wildman–Crippen MR) is 150 cm³/mol. The van der Waals surface area contributed by atoms with Crippen LogP contribution in [-0.4, -0.2) is 111 Å². The Bertz CT molecular complexity index is 1420. The molecular formula is C25H35F2N9O4S. The van der Waals surface area contributed by atoms with Crippen LogP contribution in [0.3, 0.4) is 0 Å². The van der Waals surface area contributed by atoms with Crippen LogP contribution in [0.2, 0.25) is 0 Å². The maximum Gasteiger partial charge on any atom is 0.296 e. The molecule has 2 aromatic heterocycles. The zero-order chi connectivity index (χ0) is 29.1. The highest BCUT2D eigenvalue weighted by molar-refractivity contribution is 7.70. The van der Waals surface area contributed by atoms with E-state index in [-0.39, 0.29) is 17.9 Å². The van der Waals surface area contributed by atoms with Gasteiger partial charge in [0, 0.05) is 38.8 Å². The summed E-state index contributed by atoms with van der Waals surface area (Å²) in [7, 11) is 2.67. The Hall–Kier alpha value is -3.21. The zero-order valence-electron chi connectivity index (χ0n) is 23.2. The van der Waals surface area contributed by atoms with E-state index in [0.717, 1.165) is 12.8 Å². The number of rotatable bonds is 10. The third-order valence-corrected chi connectivity index (χ3v) is 8.08. The molecule has 2 saturated heterocycles. The van der Waals surface area contributed by atoms with Crippen LogP contribution in [0.1, 0.15) is 25.1 Å². The summed E-state index contributed by atoms with van der Waals surface area (Å²) in [6, 6.07) is 5.10. The van der Waals surface area contributed by atoms with Crippen molar-refractivity contribution in [2.24, 2.45) is 5.92 Å². The summed E-state index contributed by atoms with van der Waals surface area (Å²) in [4.78, 5) is 24.4. The third-order valence-electron chi connectivity index (χ3n) is 7.64. The van der Waals surface area contributed by atoms with Crippen molar-refractivity contribution in [3.05, 3.63) is 24.0 Å². The van der Waals surface area contributed by atoms with Gasteiger partial charge in [0.1, 0.15) is 11.3 Å². The monoisotopic (exact) mass is 595 g/mol. The molecule has 1 N–H and O–H groups in total. The average Bonchev–Trinajstić information content (AvgIpc) is 3.38. The molecule has 0 spiro atoms. The first-order chi connectivity index (χ1) is 19.8. The fraction of sp³-hybridized carbons (Fsp3) is 0.600. The van der Waals surface area contributed by atoms with E-state index in [9.17, 15) is 17.2 Å². The first-order valence-electron chi connectivity index (χ1n) is 13.5. The van der Waals surface area contributed by atoms with Gasteiger partial charge in [0.15, 0.2) is 5.82 Å². The minimum atomic E-state index is -2.88. The van der Waals surface area contributed by atoms with Gasteiger partial charge in [-0.05, 0) is 45.0 Å². The number of alkyl halides is 2. The Morgan fingerprint density at radius 3 is 2.24 bits per heavy atom. The number of nitrogens with zero attached hydrogens (tertiary/aromatic N) is 8. The Kier molecular flexibility index (Phi) is 9.11. The summed E-state index contributed by atoms with van der Waals surface area (Å²) in [5.74, 6) is 0.973. The molecule has 1 aromatic carbocycles. The number of anilines is 2. The van der Waals surface area contributed by atoms with Crippen LogP contribution >= 0.6 is 0 Å². The van der Waals surface area contributed by atoms with Crippen molar-refractivity contribution in [3.8, 4) is 11.7 Å². The molecule has 2 aliphatic heterocycles. The van der Waals surface area contributed by atoms with Crippen LogP contribution in [0.15, 0.2) is 18.2 Å². The molecular weight excluding hydrogens is 560 g/mol. The smallest absolute Gasteiger partial charge is 0.296 e. The Balaban J connectivity index is 1.51. The summed E-state index contributed by atoms with van der Waals surface area (Å²) >= 11 is 0. The normalized spacial score (nSPS) is 17.8. The second kappa shape index (κ2) is 12.8. The number of benzene rings is 1. The van der Waals surface area contributed by atoms with Crippen molar-refractivity contribution in [1.29, 1.82) is 0 Å². The molecule has 2 aliphatic rings. The highest BCUT2D eigenvalue weighted by atomic mass is 32.2. The second-order valence-corrected chi connectivity index (χ2v) is 11.1. The molecule has 0 saturated carbocycles. The molecule has 16 heteroatoms. The van der Waals surface area contributed by atoms with E-state index in [1.165, 1.54) is 11.7 Å². The van der Waals surface area contributed by atoms with Crippen LogP contribution in [0.25, 0.3) is 17.0 Å². The number of piperidine rings is 1. The van der Waals surface area contributed by atoms with E-state index >= 15 is 0 Å². The molecule has 1 atom stereocenters. The van der Waals surface area contributed by atoms with Crippen LogP contribution in [0.5, 0.6) is 5.75 Å². The van der Waals surface area contributed by atoms with E-state index in [2.05, 4.69) is 14.7 Å². The van der Waals surface area contributed by atoms with E-state index in [1.807, 2.05) is 28.8 Å². The van der Waals surface area contributed by atoms with Gasteiger partial charge in [-0.1, -0.05) is 6.07 Å². The number of aromatic nitrogens is 5. The Morgan fingerprint density at radius 2 is 1.66 bits per heavy atom. The number of ether oxygens (including phenoxy) is 2. The third kappa shape index (κ3) is 6.34. The van der Waals surface area contributed by atoms with Crippen molar-refractivity contribution in [2.45, 2.75) is 25.3 Å². The quantitative estimate of drug-likeness (QED) is 0.329. The van der Waals surface area contributed by atoms with E-state index in [4.69, 9.17) is 19.4 Å². The molecule has 0 aliphatic carbocycles. The van der Waals surface area contributed by atoms with Gasteiger partial charge in [-0.25, -0.2) is 26.9 Å². The van der Waals surface area contributed by atoms with E-state index < -0.39 is 23.1 Å². The van der Waals surface area contributed by atoms with Crippen molar-refractivity contribution < 1.29 is 26.7 Å². The Morgan fingerprint density at radius 1 is 1.02 bits per heavy atom. The fourth-order valence-corrected chi connectivity index (χ4v) is 5.86. The number of hydrogen-bond donors (Lipinski definition) is 2. The molecule has 224 valence electrons. The summed E-state index contributed by atoms with van der Waals surface area (Å²) in [6.45, 7) is 3.69. The van der Waals surface area contributed by atoms with Crippen molar-refractivity contribution in [3.63, 3.8) is 0 Å². The minimum absolute atomic E-state index is 0.0313. The topological polar surface area (TPSA) is 131 Å². The van der Waals surface area contributed by atoms with E-state index in [1.54, 1.807) is 18.2 Å². The number of morpholine rings is 1. The molecule has 4 heterocycles. The summed E-state index contributed by atoms with van der Waals surface area (Å²) in [5.41, 5.74) is 0.700. The number of thiol groups is 1. The highest BCUT2D eigenvalue weighted by Gasteiger charge is 2.31. The van der Waals surface area contributed by atoms with Gasteiger partial charge in [0.25, 0.3) is 6.43 Å². The average molecular weight is 596 g/mol. The van der Waals surface area contributed by atoms with Gasteiger partial charge < -0.3 is 24.2 Å². The van der Waals surface area contributed by atoms with Gasteiger partial charge in [-0.15, -0.1) is 0 Å². The number of fused-ring (bicyclic) bond motifs is 1. The maximum absolute atomic E-state index is 14.3. The van der Waals surface area contributed by atoms with Gasteiger partial charge in [-0.2, -0.15) is 15.0 Å². The number of para-hydroxylation sites is 1. The predicted octanol–water partition coefficient (Wildman–Crippen LogP) is 1.26. The van der Waals surface area contributed by atoms with Crippen LogP contribution in [0, 0.1) is 5.92 Å². The number of hydrogen-bond acceptors (Lipinski definition) is 11. The first kappa shape index (κ1) is 29.3. The van der Waals surface area contributed by atoms with Crippen LogP contribution < -0.4 is 19.3 Å². The molecule has 0 bridgehead atoms. The van der Waals surface area contributed by atoms with Gasteiger partial charge in [-0.3, -0.25) is 4.57 Å². The van der Waals surface area contributed by atoms with Crippen LogP contribution in [0.4, 0.5) is 20.7 Å². The van der Waals surface area contributed by atoms with Crippen molar-refractivity contribution >= 4 is 33.8 Å². The van der Waals surface area contributed by atoms with E-state index in [0.29, 0.717) is 74.6 Å². The van der Waals surface area contributed by atoms with Gasteiger partial charge >= 0.3 is 0 Å². The molecule has 1 unspecified atom stereocenters. The molecule has 13 nitrogen and oxygen atoms in total. The van der Waals surface area contributed by atoms with Gasteiger partial charge in [0.05, 0.1) is 25.8 Å². The number of nitrogens with one attached hydrogen (secondary N) is 1. The number of halogens is 2. The SMILES string of the molecule is COc1cccc2c1nc(C(F)F)n2-c1nc(N2CCOCC2)nc(N2CCC(C(CN[SH](=O)=O)N(C)C)CC2)n1. The Labute approximate surface area is 238 Å². The first-order valence-corrected chi connectivity index (χ1v) is 14.7. The lowest BCUT2D eigenvalue weighted by atomic mass is 9.89. The molecule has 0 radical (unpaired) electrons. The summed E-state index contributed by atoms with van der Waals surface area (Å²) in [6.07, 6.45) is -1.32. The standard InChI is InChI=1S/C25H35F2N9O4S/c1-33(2)18(15-28-41(37)38)16-7-9-34(10-8-16)23-30-24(35-11-13-40-14-12-35)32-25(31-23)36-17-5-4-6-19(39-3)20(17)29-22(36)21(26)27/h4-6,16,18,21,41H,7-15H2,1-3H3,(H,28,37,38). The largest absolute Gasteiger partial charge is 0.494 e. The highest BCUT2D eigenvalue weighted by Crippen LogP contribution is 2.33. The molecule has 3 aromatic rings. The number of methoxy groups -OCH3 is 1. The second-order valence-electron chi connectivity index (χ2n) is 10.2. The van der Waals surface area contributed by atoms with Crippen molar-refractivity contribution in [2.75, 3.05) is 76.9 Å². The lowest BCUT2D eigenvalue weighted by Gasteiger charge is -2.38. The summed E-state index contributed by atoms with van der Waals surface area (Å²) in [5, 5.41) is 0. The lowest BCUT2D eigenvalue weighted by Crippen LogP contribution is -2.47. The number of imidazole rings is 1. The summed E-state index contributed by atoms with van der Waals surface area (Å²) < 4.78 is 65.6.